The van der Waals surface area contributed by atoms with Gasteiger partial charge in [0, 0.05) is 11.4 Å². The van der Waals surface area contributed by atoms with E-state index in [2.05, 4.69) is 10.0 Å². The van der Waals surface area contributed by atoms with E-state index in [9.17, 15) is 12.8 Å². The number of hydrogen-bond donors (Lipinski definition) is 2. The van der Waals surface area contributed by atoms with E-state index >= 15 is 0 Å². The second kappa shape index (κ2) is 7.13. The van der Waals surface area contributed by atoms with Crippen molar-refractivity contribution in [2.45, 2.75) is 4.90 Å². The number of halogens is 2. The third-order valence-corrected chi connectivity index (χ3v) is 5.30. The Bertz CT molecular complexity index is 992. The maximum absolute atomic E-state index is 13.6. The van der Waals surface area contributed by atoms with E-state index in [4.69, 9.17) is 11.6 Å². The highest BCUT2D eigenvalue weighted by molar-refractivity contribution is 7.92. The minimum Gasteiger partial charge on any atom is -0.353 e. The minimum atomic E-state index is -3.78. The van der Waals surface area contributed by atoms with Crippen LogP contribution in [-0.2, 0) is 10.0 Å². The van der Waals surface area contributed by atoms with Crippen LogP contribution in [0.3, 0.4) is 0 Å². The van der Waals surface area contributed by atoms with Crippen LogP contribution in [0.15, 0.2) is 77.7 Å². The number of nitrogens with one attached hydrogen (secondary N) is 2. The second-order valence-corrected chi connectivity index (χ2v) is 7.28. The van der Waals surface area contributed by atoms with Crippen molar-refractivity contribution in [1.29, 1.82) is 0 Å². The summed E-state index contributed by atoms with van der Waals surface area (Å²) in [5.74, 6) is -0.369. The van der Waals surface area contributed by atoms with Crippen LogP contribution in [0, 0.1) is 5.82 Å². The van der Waals surface area contributed by atoms with Crippen LogP contribution in [0.4, 0.5) is 21.5 Å². The Balaban J connectivity index is 1.77. The number of benzene rings is 3. The van der Waals surface area contributed by atoms with E-state index in [-0.39, 0.29) is 15.7 Å². The molecule has 4 nitrogen and oxygen atoms in total. The fourth-order valence-electron chi connectivity index (χ4n) is 2.21. The lowest BCUT2D eigenvalue weighted by atomic mass is 10.2. The zero-order chi connectivity index (χ0) is 17.9. The largest absolute Gasteiger partial charge is 0.353 e. The molecule has 0 aromatic heterocycles. The molecule has 0 aliphatic heterocycles. The van der Waals surface area contributed by atoms with Crippen molar-refractivity contribution >= 4 is 38.7 Å². The molecule has 0 unspecified atom stereocenters. The third kappa shape index (κ3) is 4.10. The first-order valence-electron chi connectivity index (χ1n) is 7.35. The molecule has 25 heavy (non-hydrogen) atoms. The predicted molar refractivity (Wildman–Crippen MR) is 98.4 cm³/mol. The summed E-state index contributed by atoms with van der Waals surface area (Å²) in [6.07, 6.45) is 0. The molecule has 0 saturated heterocycles. The molecule has 0 saturated carbocycles. The molecule has 0 amide bonds. The maximum Gasteiger partial charge on any atom is 0.263 e. The van der Waals surface area contributed by atoms with Crippen LogP contribution >= 0.6 is 11.6 Å². The lowest BCUT2D eigenvalue weighted by Gasteiger charge is -2.11. The average Bonchev–Trinajstić information content (AvgIpc) is 2.58. The van der Waals surface area contributed by atoms with Gasteiger partial charge in [0.15, 0.2) is 0 Å². The zero-order valence-electron chi connectivity index (χ0n) is 12.9. The normalized spacial score (nSPS) is 11.1. The Morgan fingerprint density at radius 3 is 2.08 bits per heavy atom. The first kappa shape index (κ1) is 17.3. The molecule has 3 aromatic rings. The van der Waals surface area contributed by atoms with Gasteiger partial charge in [-0.3, -0.25) is 4.72 Å². The molecule has 128 valence electrons. The lowest BCUT2D eigenvalue weighted by molar-refractivity contribution is 0.601. The monoisotopic (exact) mass is 376 g/mol. The summed E-state index contributed by atoms with van der Waals surface area (Å²) >= 11 is 5.94. The highest BCUT2D eigenvalue weighted by Gasteiger charge is 2.17. The third-order valence-electron chi connectivity index (χ3n) is 3.42. The molecule has 0 radical (unpaired) electrons. The second-order valence-electron chi connectivity index (χ2n) is 5.22. The van der Waals surface area contributed by atoms with Crippen LogP contribution in [0.25, 0.3) is 0 Å². The number of para-hydroxylation sites is 1. The molecule has 2 N–H and O–H groups in total. The summed E-state index contributed by atoms with van der Waals surface area (Å²) in [6.45, 7) is 0. The molecule has 0 aliphatic rings. The number of hydrogen-bond acceptors (Lipinski definition) is 3. The Hall–Kier alpha value is -2.57. The van der Waals surface area contributed by atoms with Gasteiger partial charge in [0.25, 0.3) is 10.0 Å². The molecule has 3 rings (SSSR count). The van der Waals surface area contributed by atoms with Gasteiger partial charge in [-0.25, -0.2) is 12.8 Å². The zero-order valence-corrected chi connectivity index (χ0v) is 14.5. The molecular weight excluding hydrogens is 363 g/mol. The Morgan fingerprint density at radius 2 is 1.40 bits per heavy atom. The van der Waals surface area contributed by atoms with Crippen LogP contribution in [0.5, 0.6) is 0 Å². The first-order valence-corrected chi connectivity index (χ1v) is 9.21. The van der Waals surface area contributed by atoms with Crippen molar-refractivity contribution in [3.8, 4) is 0 Å². The summed E-state index contributed by atoms with van der Waals surface area (Å²) in [6, 6.07) is 19.0. The van der Waals surface area contributed by atoms with Gasteiger partial charge in [-0.05, 0) is 48.5 Å². The van der Waals surface area contributed by atoms with Crippen molar-refractivity contribution in [3.63, 3.8) is 0 Å². The minimum absolute atomic E-state index is 0.00484. The molecule has 0 fully saturated rings. The summed E-state index contributed by atoms with van der Waals surface area (Å²) in [7, 11) is -3.78. The molecule has 0 bridgehead atoms. The van der Waals surface area contributed by atoms with Crippen molar-refractivity contribution in [2.24, 2.45) is 0 Å². The molecular formula is C18H14ClFN2O2S. The van der Waals surface area contributed by atoms with Crippen LogP contribution in [-0.4, -0.2) is 8.42 Å². The fraction of sp³-hybridized carbons (Fsp3) is 0. The van der Waals surface area contributed by atoms with Crippen molar-refractivity contribution in [2.75, 3.05) is 10.0 Å². The SMILES string of the molecule is O=S(=O)(Nc1ccc(Nc2ccccc2F)cc1)c1ccccc1Cl. The van der Waals surface area contributed by atoms with Gasteiger partial charge in [-0.2, -0.15) is 0 Å². The van der Waals surface area contributed by atoms with Crippen LogP contribution in [0.1, 0.15) is 0 Å². The summed E-state index contributed by atoms with van der Waals surface area (Å²) < 4.78 is 40.9. The van der Waals surface area contributed by atoms with Gasteiger partial charge in [0.2, 0.25) is 0 Å². The van der Waals surface area contributed by atoms with E-state index in [0.717, 1.165) is 0 Å². The van der Waals surface area contributed by atoms with Gasteiger partial charge in [0.1, 0.15) is 10.7 Å². The van der Waals surface area contributed by atoms with E-state index in [1.165, 1.54) is 18.2 Å². The number of rotatable bonds is 5. The molecule has 0 atom stereocenters. The standard InChI is InChI=1S/C18H14ClFN2O2S/c19-15-5-1-4-8-18(15)25(23,24)22-14-11-9-13(10-12-14)21-17-7-3-2-6-16(17)20/h1-12,21-22H. The maximum atomic E-state index is 13.6. The van der Waals surface area contributed by atoms with E-state index in [0.29, 0.717) is 17.1 Å². The van der Waals surface area contributed by atoms with Crippen LogP contribution < -0.4 is 10.0 Å². The predicted octanol–water partition coefficient (Wildman–Crippen LogP) is 5.02. The van der Waals surface area contributed by atoms with E-state index < -0.39 is 10.0 Å². The van der Waals surface area contributed by atoms with Gasteiger partial charge < -0.3 is 5.32 Å². The van der Waals surface area contributed by atoms with Gasteiger partial charge in [-0.15, -0.1) is 0 Å². The number of sulfonamides is 1. The molecule has 7 heteroatoms. The van der Waals surface area contributed by atoms with Crippen molar-refractivity contribution in [3.05, 3.63) is 83.6 Å². The smallest absolute Gasteiger partial charge is 0.263 e. The van der Waals surface area contributed by atoms with Crippen molar-refractivity contribution in [1.82, 2.24) is 0 Å². The highest BCUT2D eigenvalue weighted by atomic mass is 35.5. The van der Waals surface area contributed by atoms with Gasteiger partial charge >= 0.3 is 0 Å². The van der Waals surface area contributed by atoms with Crippen LogP contribution in [0.2, 0.25) is 5.02 Å². The topological polar surface area (TPSA) is 58.2 Å². The average molecular weight is 377 g/mol. The Kier molecular flexibility index (Phi) is 4.92. The molecule has 0 spiro atoms. The van der Waals surface area contributed by atoms with Gasteiger partial charge in [0.05, 0.1) is 10.7 Å². The van der Waals surface area contributed by atoms with E-state index in [1.54, 1.807) is 54.6 Å². The van der Waals surface area contributed by atoms with E-state index in [1.807, 2.05) is 0 Å². The highest BCUT2D eigenvalue weighted by Crippen LogP contribution is 2.25. The summed E-state index contributed by atoms with van der Waals surface area (Å²) in [5, 5.41) is 3.08. The fourth-order valence-corrected chi connectivity index (χ4v) is 3.79. The summed E-state index contributed by atoms with van der Waals surface area (Å²) in [4.78, 5) is 0.00484. The first-order chi connectivity index (χ1) is 12.0. The lowest BCUT2D eigenvalue weighted by Crippen LogP contribution is -2.13. The van der Waals surface area contributed by atoms with Crippen molar-refractivity contribution < 1.29 is 12.8 Å². The summed E-state index contributed by atoms with van der Waals surface area (Å²) in [5.41, 5.74) is 1.34. The Morgan fingerprint density at radius 1 is 0.800 bits per heavy atom. The quantitative estimate of drug-likeness (QED) is 0.657. The molecule has 0 aliphatic carbocycles. The molecule has 0 heterocycles. The number of anilines is 3. The Labute approximate surface area is 150 Å². The molecule has 3 aromatic carbocycles. The van der Waals surface area contributed by atoms with Gasteiger partial charge in [-0.1, -0.05) is 35.9 Å².